The molecule has 1 aromatic rings. The van der Waals surface area contributed by atoms with E-state index >= 15 is 0 Å². The first-order valence-electron chi connectivity index (χ1n) is 6.30. The zero-order valence-corrected chi connectivity index (χ0v) is 12.0. The van der Waals surface area contributed by atoms with Crippen molar-refractivity contribution < 1.29 is 24.0 Å². The molecule has 1 aromatic carbocycles. The van der Waals surface area contributed by atoms with E-state index in [1.807, 2.05) is 0 Å². The lowest BCUT2D eigenvalue weighted by Gasteiger charge is -2.20. The zero-order chi connectivity index (χ0) is 16.0. The van der Waals surface area contributed by atoms with Crippen molar-refractivity contribution in [1.29, 1.82) is 0 Å². The van der Waals surface area contributed by atoms with Gasteiger partial charge in [0.15, 0.2) is 0 Å². The summed E-state index contributed by atoms with van der Waals surface area (Å²) in [5, 5.41) is 11.1. The number of nitrogens with zero attached hydrogens (tertiary/aromatic N) is 1. The van der Waals surface area contributed by atoms with Crippen LogP contribution in [-0.2, 0) is 19.1 Å². The second-order valence-electron chi connectivity index (χ2n) is 4.51. The van der Waals surface area contributed by atoms with Gasteiger partial charge in [0.2, 0.25) is 0 Å². The molecule has 114 valence electrons. The summed E-state index contributed by atoms with van der Waals surface area (Å²) < 4.78 is 9.86. The lowest BCUT2D eigenvalue weighted by atomic mass is 9.99. The highest BCUT2D eigenvalue weighted by molar-refractivity contribution is 5.98. The highest BCUT2D eigenvalue weighted by Crippen LogP contribution is 2.21. The van der Waals surface area contributed by atoms with Gasteiger partial charge in [-0.25, -0.2) is 0 Å². The smallest absolute Gasteiger partial charge is 0.382 e. The van der Waals surface area contributed by atoms with Crippen LogP contribution in [-0.4, -0.2) is 29.9 Å². The minimum Gasteiger partial charge on any atom is -0.394 e. The number of nitro groups is 1. The number of methoxy groups -OCH3 is 1. The third kappa shape index (κ3) is 4.35. The molecular weight excluding hydrogens is 278 g/mol. The molecule has 0 spiro atoms. The molecule has 0 N–H and O–H groups in total. The summed E-state index contributed by atoms with van der Waals surface area (Å²) in [7, 11) is 1.34. The van der Waals surface area contributed by atoms with Crippen molar-refractivity contribution in [2.24, 2.45) is 5.92 Å². The molecule has 0 heterocycles. The maximum Gasteiger partial charge on any atom is 0.382 e. The molecular formula is C14H17NO6. The number of hydrogen-bond donors (Lipinski definition) is 0. The maximum absolute atomic E-state index is 12.0. The Labute approximate surface area is 122 Å². The van der Waals surface area contributed by atoms with E-state index in [-0.39, 0.29) is 5.56 Å². The van der Waals surface area contributed by atoms with Gasteiger partial charge in [-0.05, 0) is 26.0 Å². The minimum absolute atomic E-state index is 0.225. The molecule has 0 saturated heterocycles. The van der Waals surface area contributed by atoms with Crippen LogP contribution in [0.15, 0.2) is 30.3 Å². The van der Waals surface area contributed by atoms with Crippen molar-refractivity contribution in [2.75, 3.05) is 7.11 Å². The van der Waals surface area contributed by atoms with E-state index in [1.165, 1.54) is 33.1 Å². The molecule has 3 unspecified atom stereocenters. The molecule has 0 amide bonds. The molecule has 0 aliphatic carbocycles. The largest absolute Gasteiger partial charge is 0.394 e. The van der Waals surface area contributed by atoms with Crippen LogP contribution in [0.25, 0.3) is 0 Å². The highest BCUT2D eigenvalue weighted by atomic mass is 16.7. The predicted molar refractivity (Wildman–Crippen MR) is 72.9 cm³/mol. The van der Waals surface area contributed by atoms with Gasteiger partial charge in [-0.15, -0.1) is 0 Å². The first kappa shape index (κ1) is 16.8. The van der Waals surface area contributed by atoms with E-state index in [2.05, 4.69) is 0 Å². The van der Waals surface area contributed by atoms with Crippen molar-refractivity contribution in [1.82, 2.24) is 0 Å². The first-order valence-corrected chi connectivity index (χ1v) is 6.30. The molecule has 0 aliphatic rings. The van der Waals surface area contributed by atoms with Gasteiger partial charge in [-0.1, -0.05) is 18.2 Å². The molecule has 21 heavy (non-hydrogen) atoms. The van der Waals surface area contributed by atoms with Crippen molar-refractivity contribution in [3.05, 3.63) is 46.0 Å². The predicted octanol–water partition coefficient (Wildman–Crippen LogP) is 1.75. The summed E-state index contributed by atoms with van der Waals surface area (Å²) >= 11 is 0. The van der Waals surface area contributed by atoms with Crippen LogP contribution < -0.4 is 0 Å². The maximum atomic E-state index is 12.0. The van der Waals surface area contributed by atoms with E-state index in [0.29, 0.717) is 0 Å². The Morgan fingerprint density at radius 2 is 1.81 bits per heavy atom. The fourth-order valence-corrected chi connectivity index (χ4v) is 1.86. The first-order chi connectivity index (χ1) is 9.88. The summed E-state index contributed by atoms with van der Waals surface area (Å²) in [5.41, 5.74) is 0.225. The van der Waals surface area contributed by atoms with Gasteiger partial charge in [0, 0.05) is 7.11 Å². The standard InChI is InChI=1S/C14H17NO6/c1-9(16)12(10(2)20-3)14(17)21-13(15(18)19)11-7-5-4-6-8-11/h4-8,10,12-13H,1-3H3. The van der Waals surface area contributed by atoms with Crippen LogP contribution in [0.2, 0.25) is 0 Å². The molecule has 3 atom stereocenters. The number of Topliss-reactive ketones (excluding diaryl/α,β-unsaturated/α-hetero) is 1. The second kappa shape index (κ2) is 7.49. The van der Waals surface area contributed by atoms with Gasteiger partial charge in [-0.2, -0.15) is 0 Å². The van der Waals surface area contributed by atoms with Gasteiger partial charge in [-0.3, -0.25) is 19.7 Å². The Morgan fingerprint density at radius 3 is 2.24 bits per heavy atom. The van der Waals surface area contributed by atoms with Gasteiger partial charge in [0.05, 0.1) is 16.6 Å². The van der Waals surface area contributed by atoms with E-state index in [1.54, 1.807) is 18.2 Å². The average molecular weight is 295 g/mol. The van der Waals surface area contributed by atoms with Crippen LogP contribution in [0.4, 0.5) is 0 Å². The quantitative estimate of drug-likeness (QED) is 0.250. The van der Waals surface area contributed by atoms with Crippen molar-refractivity contribution in [2.45, 2.75) is 26.2 Å². The number of esters is 1. The number of benzene rings is 1. The van der Waals surface area contributed by atoms with E-state index in [0.717, 1.165) is 0 Å². The number of rotatable bonds is 7. The third-order valence-electron chi connectivity index (χ3n) is 3.04. The Kier molecular flexibility index (Phi) is 5.98. The Hall–Kier alpha value is -2.28. The summed E-state index contributed by atoms with van der Waals surface area (Å²) in [6, 6.07) is 7.83. The van der Waals surface area contributed by atoms with Crippen molar-refractivity contribution in [3.63, 3.8) is 0 Å². The number of hydrogen-bond acceptors (Lipinski definition) is 6. The van der Waals surface area contributed by atoms with Crippen LogP contribution >= 0.6 is 0 Å². The molecule has 7 nitrogen and oxygen atoms in total. The van der Waals surface area contributed by atoms with Gasteiger partial charge in [0.25, 0.3) is 0 Å². The number of carbonyl (C=O) groups is 2. The van der Waals surface area contributed by atoms with Crippen LogP contribution in [0, 0.1) is 16.0 Å². The number of carbonyl (C=O) groups excluding carboxylic acids is 2. The lowest BCUT2D eigenvalue weighted by Crippen LogP contribution is -2.36. The molecule has 7 heteroatoms. The Balaban J connectivity index is 2.96. The number of ketones is 1. The monoisotopic (exact) mass is 295 g/mol. The van der Waals surface area contributed by atoms with Crippen molar-refractivity contribution >= 4 is 11.8 Å². The summed E-state index contributed by atoms with van der Waals surface area (Å²) in [6.45, 7) is 2.74. The number of ether oxygens (including phenoxy) is 2. The normalized spacial score (nSPS) is 14.8. The minimum atomic E-state index is -1.65. The molecule has 0 fully saturated rings. The average Bonchev–Trinajstić information content (AvgIpc) is 2.44. The molecule has 0 aromatic heterocycles. The van der Waals surface area contributed by atoms with Crippen LogP contribution in [0.5, 0.6) is 0 Å². The topological polar surface area (TPSA) is 95.7 Å². The second-order valence-corrected chi connectivity index (χ2v) is 4.51. The van der Waals surface area contributed by atoms with Crippen LogP contribution in [0.3, 0.4) is 0 Å². The molecule has 1 rings (SSSR count). The lowest BCUT2D eigenvalue weighted by molar-refractivity contribution is -0.576. The highest BCUT2D eigenvalue weighted by Gasteiger charge is 2.36. The summed E-state index contributed by atoms with van der Waals surface area (Å²) in [6.07, 6.45) is -2.37. The van der Waals surface area contributed by atoms with Gasteiger partial charge < -0.3 is 9.47 Å². The molecule has 0 bridgehead atoms. The fourth-order valence-electron chi connectivity index (χ4n) is 1.86. The molecule has 0 saturated carbocycles. The van der Waals surface area contributed by atoms with Gasteiger partial charge >= 0.3 is 12.2 Å². The van der Waals surface area contributed by atoms with Gasteiger partial charge in [0.1, 0.15) is 11.7 Å². The summed E-state index contributed by atoms with van der Waals surface area (Å²) in [5.74, 6) is -2.63. The van der Waals surface area contributed by atoms with E-state index < -0.39 is 34.9 Å². The van der Waals surface area contributed by atoms with E-state index in [9.17, 15) is 19.7 Å². The van der Waals surface area contributed by atoms with Crippen LogP contribution in [0.1, 0.15) is 25.6 Å². The Bertz CT molecular complexity index is 515. The molecule has 0 aliphatic heterocycles. The SMILES string of the molecule is COC(C)C(C(C)=O)C(=O)OC(c1ccccc1)[N+](=O)[O-]. The summed E-state index contributed by atoms with van der Waals surface area (Å²) in [4.78, 5) is 33.9. The van der Waals surface area contributed by atoms with E-state index in [4.69, 9.17) is 9.47 Å². The van der Waals surface area contributed by atoms with Crippen molar-refractivity contribution in [3.8, 4) is 0 Å². The Morgan fingerprint density at radius 1 is 1.24 bits per heavy atom. The third-order valence-corrected chi connectivity index (χ3v) is 3.04. The molecule has 0 radical (unpaired) electrons. The fraction of sp³-hybridized carbons (Fsp3) is 0.429. The zero-order valence-electron chi connectivity index (χ0n) is 12.0.